The van der Waals surface area contributed by atoms with Gasteiger partial charge in [0.2, 0.25) is 0 Å². The number of hydrogen-bond acceptors (Lipinski definition) is 3. The predicted octanol–water partition coefficient (Wildman–Crippen LogP) is 3.12. The summed E-state index contributed by atoms with van der Waals surface area (Å²) in [5.41, 5.74) is 1.24. The van der Waals surface area contributed by atoms with Crippen molar-refractivity contribution in [2.24, 2.45) is 0 Å². The van der Waals surface area contributed by atoms with Gasteiger partial charge in [0.25, 0.3) is 0 Å². The number of likely N-dealkylation sites (tertiary alicyclic amines) is 1. The topological polar surface area (TPSA) is 24.5 Å². The standard InChI is InChI=1S/C17H24N2O.2ClH/c1-3-11-20-17-9-5-7-15(12-17)13-18-14-16-8-6-10-19(16)4-2;;/h1,5,7,9,12,16,18H,4,6,8,10-11,13-14H2,2H3;2*1H. The van der Waals surface area contributed by atoms with E-state index in [-0.39, 0.29) is 24.8 Å². The number of benzene rings is 1. The highest BCUT2D eigenvalue weighted by molar-refractivity contribution is 5.85. The van der Waals surface area contributed by atoms with E-state index in [1.54, 1.807) is 0 Å². The molecule has 0 aliphatic carbocycles. The zero-order valence-electron chi connectivity index (χ0n) is 13.1. The first-order chi connectivity index (χ1) is 9.83. The number of terminal acetylenes is 1. The molecule has 1 aromatic carbocycles. The third-order valence-corrected chi connectivity index (χ3v) is 3.83. The van der Waals surface area contributed by atoms with Crippen molar-refractivity contribution in [2.75, 3.05) is 26.2 Å². The second kappa shape index (κ2) is 11.6. The Bertz CT molecular complexity index is 462. The highest BCUT2D eigenvalue weighted by atomic mass is 35.5. The van der Waals surface area contributed by atoms with Crippen molar-refractivity contribution >= 4 is 24.8 Å². The van der Waals surface area contributed by atoms with E-state index in [4.69, 9.17) is 11.2 Å². The normalized spacial score (nSPS) is 17.2. The van der Waals surface area contributed by atoms with Crippen LogP contribution >= 0.6 is 24.8 Å². The van der Waals surface area contributed by atoms with Crippen molar-refractivity contribution < 1.29 is 4.74 Å². The largest absolute Gasteiger partial charge is 0.481 e. The van der Waals surface area contributed by atoms with Crippen LogP contribution in [0.2, 0.25) is 0 Å². The van der Waals surface area contributed by atoms with Gasteiger partial charge < -0.3 is 10.1 Å². The van der Waals surface area contributed by atoms with Gasteiger partial charge in [-0.05, 0) is 43.6 Å². The molecule has 1 unspecified atom stereocenters. The maximum atomic E-state index is 5.44. The van der Waals surface area contributed by atoms with Crippen LogP contribution in [0.25, 0.3) is 0 Å². The SMILES string of the molecule is C#CCOc1cccc(CNCC2CCCN2CC)c1.Cl.Cl. The quantitative estimate of drug-likeness (QED) is 0.769. The fourth-order valence-electron chi connectivity index (χ4n) is 2.80. The summed E-state index contributed by atoms with van der Waals surface area (Å²) in [6.45, 7) is 6.90. The molecule has 0 saturated carbocycles. The fraction of sp³-hybridized carbons (Fsp3) is 0.529. The Morgan fingerprint density at radius 1 is 1.41 bits per heavy atom. The Balaban J connectivity index is 0.00000220. The highest BCUT2D eigenvalue weighted by Crippen LogP contribution is 2.16. The summed E-state index contributed by atoms with van der Waals surface area (Å²) in [4.78, 5) is 2.56. The van der Waals surface area contributed by atoms with Crippen LogP contribution in [0.15, 0.2) is 24.3 Å². The number of ether oxygens (including phenoxy) is 1. The molecule has 1 aliphatic rings. The molecule has 0 aromatic heterocycles. The number of likely N-dealkylation sites (N-methyl/N-ethyl adjacent to an activating group) is 1. The van der Waals surface area contributed by atoms with E-state index < -0.39 is 0 Å². The van der Waals surface area contributed by atoms with Gasteiger partial charge in [-0.3, -0.25) is 4.90 Å². The minimum atomic E-state index is 0. The average molecular weight is 345 g/mol. The van der Waals surface area contributed by atoms with E-state index in [1.807, 2.05) is 12.1 Å². The Kier molecular flexibility index (Phi) is 11.1. The van der Waals surface area contributed by atoms with Gasteiger partial charge in [-0.2, -0.15) is 0 Å². The molecule has 1 N–H and O–H groups in total. The number of rotatable bonds is 7. The lowest BCUT2D eigenvalue weighted by Crippen LogP contribution is -2.37. The minimum absolute atomic E-state index is 0. The maximum Gasteiger partial charge on any atom is 0.148 e. The van der Waals surface area contributed by atoms with E-state index in [0.717, 1.165) is 25.4 Å². The van der Waals surface area contributed by atoms with Gasteiger partial charge in [0.05, 0.1) is 0 Å². The highest BCUT2D eigenvalue weighted by Gasteiger charge is 2.21. The van der Waals surface area contributed by atoms with Crippen LogP contribution in [-0.4, -0.2) is 37.2 Å². The zero-order valence-corrected chi connectivity index (χ0v) is 14.7. The molecule has 0 amide bonds. The molecule has 124 valence electrons. The summed E-state index contributed by atoms with van der Waals surface area (Å²) in [6.07, 6.45) is 7.84. The Morgan fingerprint density at radius 2 is 2.23 bits per heavy atom. The van der Waals surface area contributed by atoms with E-state index in [1.165, 1.54) is 24.9 Å². The Morgan fingerprint density at radius 3 is 2.95 bits per heavy atom. The zero-order chi connectivity index (χ0) is 14.2. The monoisotopic (exact) mass is 344 g/mol. The predicted molar refractivity (Wildman–Crippen MR) is 97.2 cm³/mol. The van der Waals surface area contributed by atoms with Crippen LogP contribution in [0.3, 0.4) is 0 Å². The first-order valence-corrected chi connectivity index (χ1v) is 7.43. The molecule has 0 bridgehead atoms. The van der Waals surface area contributed by atoms with Crippen LogP contribution in [0.4, 0.5) is 0 Å². The Hall–Kier alpha value is -0.920. The summed E-state index contributed by atoms with van der Waals surface area (Å²) in [5, 5.41) is 3.55. The first-order valence-electron chi connectivity index (χ1n) is 7.43. The van der Waals surface area contributed by atoms with Gasteiger partial charge in [-0.15, -0.1) is 31.2 Å². The van der Waals surface area contributed by atoms with Crippen LogP contribution in [0, 0.1) is 12.3 Å². The molecule has 1 aliphatic heterocycles. The average Bonchev–Trinajstić information content (AvgIpc) is 2.93. The van der Waals surface area contributed by atoms with Gasteiger partial charge in [0, 0.05) is 19.1 Å². The Labute approximate surface area is 146 Å². The van der Waals surface area contributed by atoms with E-state index in [2.05, 4.69) is 35.2 Å². The number of halogens is 2. The second-order valence-electron chi connectivity index (χ2n) is 5.20. The summed E-state index contributed by atoms with van der Waals surface area (Å²) >= 11 is 0. The molecule has 1 fully saturated rings. The van der Waals surface area contributed by atoms with Crippen molar-refractivity contribution in [1.29, 1.82) is 0 Å². The summed E-state index contributed by atoms with van der Waals surface area (Å²) in [7, 11) is 0. The molecular formula is C17H26Cl2N2O. The van der Waals surface area contributed by atoms with Crippen molar-refractivity contribution in [3.63, 3.8) is 0 Å². The van der Waals surface area contributed by atoms with Gasteiger partial charge in [-0.1, -0.05) is 25.0 Å². The van der Waals surface area contributed by atoms with Gasteiger partial charge in [0.15, 0.2) is 0 Å². The summed E-state index contributed by atoms with van der Waals surface area (Å²) < 4.78 is 5.44. The van der Waals surface area contributed by atoms with Gasteiger partial charge >= 0.3 is 0 Å². The van der Waals surface area contributed by atoms with Crippen LogP contribution in [-0.2, 0) is 6.54 Å². The molecule has 22 heavy (non-hydrogen) atoms. The van der Waals surface area contributed by atoms with Crippen molar-refractivity contribution in [3.05, 3.63) is 29.8 Å². The third-order valence-electron chi connectivity index (χ3n) is 3.83. The van der Waals surface area contributed by atoms with E-state index in [0.29, 0.717) is 12.6 Å². The molecule has 2 rings (SSSR count). The lowest BCUT2D eigenvalue weighted by Gasteiger charge is -2.23. The smallest absolute Gasteiger partial charge is 0.148 e. The molecule has 1 heterocycles. The molecule has 0 radical (unpaired) electrons. The van der Waals surface area contributed by atoms with Crippen molar-refractivity contribution in [3.8, 4) is 18.1 Å². The molecule has 1 atom stereocenters. The minimum Gasteiger partial charge on any atom is -0.481 e. The van der Waals surface area contributed by atoms with Gasteiger partial charge in [0.1, 0.15) is 12.4 Å². The fourth-order valence-corrected chi connectivity index (χ4v) is 2.80. The first kappa shape index (κ1) is 21.1. The summed E-state index contributed by atoms with van der Waals surface area (Å²) in [5.74, 6) is 3.33. The molecule has 1 saturated heterocycles. The second-order valence-corrected chi connectivity index (χ2v) is 5.20. The van der Waals surface area contributed by atoms with Gasteiger partial charge in [-0.25, -0.2) is 0 Å². The summed E-state index contributed by atoms with van der Waals surface area (Å²) in [6, 6.07) is 8.81. The molecule has 5 heteroatoms. The van der Waals surface area contributed by atoms with E-state index >= 15 is 0 Å². The third kappa shape index (κ3) is 6.46. The van der Waals surface area contributed by atoms with Crippen LogP contribution in [0.5, 0.6) is 5.75 Å². The van der Waals surface area contributed by atoms with Crippen molar-refractivity contribution in [2.45, 2.75) is 32.4 Å². The lowest BCUT2D eigenvalue weighted by molar-refractivity contribution is 0.260. The lowest BCUT2D eigenvalue weighted by atomic mass is 10.2. The van der Waals surface area contributed by atoms with E-state index in [9.17, 15) is 0 Å². The maximum absolute atomic E-state index is 5.44. The molecular weight excluding hydrogens is 319 g/mol. The number of nitrogens with one attached hydrogen (secondary N) is 1. The molecule has 3 nitrogen and oxygen atoms in total. The van der Waals surface area contributed by atoms with Crippen LogP contribution in [0.1, 0.15) is 25.3 Å². The number of nitrogens with zero attached hydrogens (tertiary/aromatic N) is 1. The molecule has 1 aromatic rings. The number of hydrogen-bond donors (Lipinski definition) is 1. The molecule has 0 spiro atoms. The van der Waals surface area contributed by atoms with Crippen molar-refractivity contribution in [1.82, 2.24) is 10.2 Å². The van der Waals surface area contributed by atoms with Crippen LogP contribution < -0.4 is 10.1 Å².